The van der Waals surface area contributed by atoms with Gasteiger partial charge >= 0.3 is 0 Å². The van der Waals surface area contributed by atoms with Gasteiger partial charge in [0.1, 0.15) is 5.69 Å². The van der Waals surface area contributed by atoms with E-state index in [1.54, 1.807) is 0 Å². The molecule has 0 aliphatic rings. The van der Waals surface area contributed by atoms with E-state index in [4.69, 9.17) is 0 Å². The van der Waals surface area contributed by atoms with Gasteiger partial charge in [-0.15, -0.1) is 5.10 Å². The lowest BCUT2D eigenvalue weighted by Crippen LogP contribution is -2.05. The SMILES string of the molecule is CCCCCCCn1nnc(C=O)c1CC. The Labute approximate surface area is 97.0 Å². The van der Waals surface area contributed by atoms with Crippen LogP contribution in [0.2, 0.25) is 0 Å². The molecule has 4 heteroatoms. The summed E-state index contributed by atoms with van der Waals surface area (Å²) in [5.74, 6) is 0. The van der Waals surface area contributed by atoms with Crippen LogP contribution < -0.4 is 0 Å². The predicted octanol–water partition coefficient (Wildman–Crippen LogP) is 2.62. The zero-order valence-corrected chi connectivity index (χ0v) is 10.3. The average Bonchev–Trinajstić information content (AvgIpc) is 2.71. The minimum atomic E-state index is 0.496. The number of hydrogen-bond acceptors (Lipinski definition) is 3. The molecular weight excluding hydrogens is 202 g/mol. The Morgan fingerprint density at radius 1 is 1.19 bits per heavy atom. The fourth-order valence-electron chi connectivity index (χ4n) is 1.85. The molecule has 1 aromatic rings. The van der Waals surface area contributed by atoms with E-state index >= 15 is 0 Å². The fourth-order valence-corrected chi connectivity index (χ4v) is 1.85. The first kappa shape index (κ1) is 12.9. The molecule has 0 saturated heterocycles. The molecule has 0 unspecified atom stereocenters. The molecule has 0 aliphatic heterocycles. The topological polar surface area (TPSA) is 47.8 Å². The van der Waals surface area contributed by atoms with Gasteiger partial charge in [0.2, 0.25) is 0 Å². The molecule has 0 bridgehead atoms. The van der Waals surface area contributed by atoms with Crippen LogP contribution in [0.5, 0.6) is 0 Å². The Morgan fingerprint density at radius 3 is 2.56 bits per heavy atom. The molecule has 0 atom stereocenters. The van der Waals surface area contributed by atoms with Crippen molar-refractivity contribution < 1.29 is 4.79 Å². The zero-order chi connectivity index (χ0) is 11.8. The molecule has 0 saturated carbocycles. The highest BCUT2D eigenvalue weighted by atomic mass is 16.1. The van der Waals surface area contributed by atoms with Crippen molar-refractivity contribution in [1.82, 2.24) is 15.0 Å². The van der Waals surface area contributed by atoms with E-state index in [0.29, 0.717) is 5.69 Å². The van der Waals surface area contributed by atoms with Crippen LogP contribution in [0.3, 0.4) is 0 Å². The molecule has 1 rings (SSSR count). The van der Waals surface area contributed by atoms with E-state index < -0.39 is 0 Å². The van der Waals surface area contributed by atoms with Crippen LogP contribution in [-0.2, 0) is 13.0 Å². The second kappa shape index (κ2) is 7.14. The number of carbonyl (C=O) groups is 1. The van der Waals surface area contributed by atoms with Crippen LogP contribution in [0, 0.1) is 0 Å². The number of hydrogen-bond donors (Lipinski definition) is 0. The lowest BCUT2D eigenvalue weighted by Gasteiger charge is -2.04. The lowest BCUT2D eigenvalue weighted by molar-refractivity contribution is 0.111. The normalized spacial score (nSPS) is 10.6. The minimum absolute atomic E-state index is 0.496. The van der Waals surface area contributed by atoms with Crippen molar-refractivity contribution in [3.63, 3.8) is 0 Å². The van der Waals surface area contributed by atoms with Crippen molar-refractivity contribution in [3.8, 4) is 0 Å². The molecule has 0 spiro atoms. The lowest BCUT2D eigenvalue weighted by atomic mass is 10.1. The Kier molecular flexibility index (Phi) is 5.75. The third-order valence-electron chi connectivity index (χ3n) is 2.79. The quantitative estimate of drug-likeness (QED) is 0.503. The number of aromatic nitrogens is 3. The van der Waals surface area contributed by atoms with Gasteiger partial charge in [-0.25, -0.2) is 4.68 Å². The van der Waals surface area contributed by atoms with Gasteiger partial charge in [0.15, 0.2) is 6.29 Å². The fraction of sp³-hybridized carbons (Fsp3) is 0.750. The molecule has 0 aromatic carbocycles. The number of aldehydes is 1. The molecule has 0 radical (unpaired) electrons. The molecule has 16 heavy (non-hydrogen) atoms. The summed E-state index contributed by atoms with van der Waals surface area (Å²) in [4.78, 5) is 10.7. The molecule has 1 aromatic heterocycles. The molecule has 90 valence electrons. The van der Waals surface area contributed by atoms with Gasteiger partial charge < -0.3 is 0 Å². The summed E-state index contributed by atoms with van der Waals surface area (Å²) >= 11 is 0. The Balaban J connectivity index is 2.41. The maximum absolute atomic E-state index is 10.7. The summed E-state index contributed by atoms with van der Waals surface area (Å²) in [5.41, 5.74) is 1.46. The summed E-state index contributed by atoms with van der Waals surface area (Å²) in [6, 6.07) is 0. The number of unbranched alkanes of at least 4 members (excludes halogenated alkanes) is 4. The van der Waals surface area contributed by atoms with Crippen molar-refractivity contribution in [3.05, 3.63) is 11.4 Å². The maximum atomic E-state index is 10.7. The van der Waals surface area contributed by atoms with Gasteiger partial charge in [-0.05, 0) is 12.8 Å². The summed E-state index contributed by atoms with van der Waals surface area (Å²) < 4.78 is 1.87. The van der Waals surface area contributed by atoms with Gasteiger partial charge in [0.25, 0.3) is 0 Å². The Morgan fingerprint density at radius 2 is 1.94 bits per heavy atom. The van der Waals surface area contributed by atoms with Crippen LogP contribution in [-0.4, -0.2) is 21.3 Å². The van der Waals surface area contributed by atoms with Crippen molar-refractivity contribution >= 4 is 6.29 Å². The number of nitrogens with zero attached hydrogens (tertiary/aromatic N) is 3. The van der Waals surface area contributed by atoms with E-state index in [1.165, 1.54) is 25.7 Å². The maximum Gasteiger partial charge on any atom is 0.172 e. The van der Waals surface area contributed by atoms with Gasteiger partial charge in [0, 0.05) is 6.54 Å². The van der Waals surface area contributed by atoms with Gasteiger partial charge in [-0.3, -0.25) is 4.79 Å². The highest BCUT2D eigenvalue weighted by molar-refractivity contribution is 5.73. The van der Waals surface area contributed by atoms with Crippen LogP contribution in [0.15, 0.2) is 0 Å². The number of aryl methyl sites for hydroxylation is 1. The molecule has 0 aliphatic carbocycles. The first-order valence-electron chi connectivity index (χ1n) is 6.21. The predicted molar refractivity (Wildman–Crippen MR) is 63.5 cm³/mol. The zero-order valence-electron chi connectivity index (χ0n) is 10.3. The first-order chi connectivity index (χ1) is 7.83. The molecule has 0 fully saturated rings. The Bertz CT molecular complexity index is 320. The molecule has 0 amide bonds. The summed E-state index contributed by atoms with van der Waals surface area (Å²) in [5, 5.41) is 7.88. The second-order valence-electron chi connectivity index (χ2n) is 4.03. The highest BCUT2D eigenvalue weighted by Crippen LogP contribution is 2.08. The Hall–Kier alpha value is -1.19. The van der Waals surface area contributed by atoms with E-state index in [0.717, 1.165) is 31.4 Å². The molecular formula is C12H21N3O. The van der Waals surface area contributed by atoms with E-state index in [1.807, 2.05) is 11.6 Å². The standard InChI is InChI=1S/C12H21N3O/c1-3-5-6-7-8-9-15-12(4-2)11(10-16)13-14-15/h10H,3-9H2,1-2H3. The van der Waals surface area contributed by atoms with Crippen molar-refractivity contribution in [2.75, 3.05) is 0 Å². The van der Waals surface area contributed by atoms with E-state index in [-0.39, 0.29) is 0 Å². The third kappa shape index (κ3) is 3.43. The van der Waals surface area contributed by atoms with Crippen LogP contribution in [0.25, 0.3) is 0 Å². The number of rotatable bonds is 8. The van der Waals surface area contributed by atoms with Crippen LogP contribution >= 0.6 is 0 Å². The van der Waals surface area contributed by atoms with Crippen molar-refractivity contribution in [1.29, 1.82) is 0 Å². The largest absolute Gasteiger partial charge is 0.296 e. The molecule has 0 N–H and O–H groups in total. The van der Waals surface area contributed by atoms with Gasteiger partial charge in [-0.2, -0.15) is 0 Å². The summed E-state index contributed by atoms with van der Waals surface area (Å²) in [6.45, 7) is 5.12. The van der Waals surface area contributed by atoms with E-state index in [9.17, 15) is 4.79 Å². The second-order valence-corrected chi connectivity index (χ2v) is 4.03. The van der Waals surface area contributed by atoms with Crippen LogP contribution in [0.4, 0.5) is 0 Å². The first-order valence-corrected chi connectivity index (χ1v) is 6.21. The van der Waals surface area contributed by atoms with Gasteiger partial charge in [-0.1, -0.05) is 44.7 Å². The smallest absolute Gasteiger partial charge is 0.172 e. The van der Waals surface area contributed by atoms with Gasteiger partial charge in [0.05, 0.1) is 5.69 Å². The van der Waals surface area contributed by atoms with Crippen LogP contribution in [0.1, 0.15) is 62.1 Å². The molecule has 4 nitrogen and oxygen atoms in total. The molecule has 1 heterocycles. The van der Waals surface area contributed by atoms with Crippen molar-refractivity contribution in [2.24, 2.45) is 0 Å². The van der Waals surface area contributed by atoms with Crippen molar-refractivity contribution in [2.45, 2.75) is 58.9 Å². The summed E-state index contributed by atoms with van der Waals surface area (Å²) in [7, 11) is 0. The number of carbonyl (C=O) groups excluding carboxylic acids is 1. The highest BCUT2D eigenvalue weighted by Gasteiger charge is 2.09. The monoisotopic (exact) mass is 223 g/mol. The average molecular weight is 223 g/mol. The third-order valence-corrected chi connectivity index (χ3v) is 2.79. The minimum Gasteiger partial charge on any atom is -0.296 e. The summed E-state index contributed by atoms with van der Waals surface area (Å²) in [6.07, 6.45) is 7.81. The van der Waals surface area contributed by atoms with E-state index in [2.05, 4.69) is 17.2 Å².